The van der Waals surface area contributed by atoms with Crippen LogP contribution in [0.5, 0.6) is 11.5 Å². The van der Waals surface area contributed by atoms with Crippen LogP contribution in [0.2, 0.25) is 0 Å². The maximum Gasteiger partial charge on any atom is 0.303 e. The molecule has 2 aromatic rings. The monoisotopic (exact) mass is 616 g/mol. The van der Waals surface area contributed by atoms with Gasteiger partial charge in [0.2, 0.25) is 0 Å². The topological polar surface area (TPSA) is 132 Å². The van der Waals surface area contributed by atoms with E-state index in [1.807, 2.05) is 19.1 Å². The number of hydrogen-bond donors (Lipinski definition) is 3. The number of halogens is 1. The fourth-order valence-electron chi connectivity index (χ4n) is 4.99. The molecule has 0 aliphatic carbocycles. The Labute approximate surface area is 244 Å². The van der Waals surface area contributed by atoms with E-state index in [4.69, 9.17) is 20.0 Å². The summed E-state index contributed by atoms with van der Waals surface area (Å²) in [6, 6.07) is 8.88. The second-order valence-electron chi connectivity index (χ2n) is 9.72. The number of carboxylic acid groups (broad SMARTS) is 1. The van der Waals surface area contributed by atoms with Crippen LogP contribution in [0.25, 0.3) is 0 Å². The van der Waals surface area contributed by atoms with Gasteiger partial charge in [0.25, 0.3) is 5.91 Å². The van der Waals surface area contributed by atoms with Crippen molar-refractivity contribution in [1.29, 1.82) is 5.41 Å². The van der Waals surface area contributed by atoms with Gasteiger partial charge in [-0.05, 0) is 68.5 Å². The summed E-state index contributed by atoms with van der Waals surface area (Å²) >= 11 is 0. The van der Waals surface area contributed by atoms with E-state index in [0.29, 0.717) is 60.8 Å². The Morgan fingerprint density at radius 3 is 2.48 bits per heavy atom. The lowest BCUT2D eigenvalue weighted by atomic mass is 10.0. The van der Waals surface area contributed by atoms with Crippen LogP contribution >= 0.6 is 17.0 Å². The first-order chi connectivity index (χ1) is 18.8. The van der Waals surface area contributed by atoms with Crippen molar-refractivity contribution in [2.24, 2.45) is 0 Å². The number of nitrogens with zero attached hydrogens (tertiary/aromatic N) is 2. The van der Waals surface area contributed by atoms with Crippen LogP contribution in [0.1, 0.15) is 70.9 Å². The fraction of sp³-hybridized carbons (Fsp3) is 0.448. The number of ether oxygens (including phenoxy) is 2. The minimum Gasteiger partial charge on any atom is -0.493 e. The van der Waals surface area contributed by atoms with Gasteiger partial charge in [-0.2, -0.15) is 0 Å². The van der Waals surface area contributed by atoms with E-state index in [1.54, 1.807) is 30.1 Å². The Hall–Kier alpha value is -3.60. The van der Waals surface area contributed by atoms with Crippen molar-refractivity contribution >= 4 is 46.2 Å². The Morgan fingerprint density at radius 2 is 1.80 bits per heavy atom. The van der Waals surface area contributed by atoms with Crippen molar-refractivity contribution in [2.75, 3.05) is 44.8 Å². The number of nitrogens with one attached hydrogen (secondary N) is 2. The first-order valence-corrected chi connectivity index (χ1v) is 13.4. The quantitative estimate of drug-likeness (QED) is 0.224. The van der Waals surface area contributed by atoms with E-state index in [1.165, 1.54) is 0 Å². The number of aliphatic carboxylic acids is 1. The first-order valence-electron chi connectivity index (χ1n) is 13.4. The molecule has 2 aliphatic rings. The molecule has 0 radical (unpaired) electrons. The van der Waals surface area contributed by atoms with Gasteiger partial charge in [0.15, 0.2) is 5.78 Å². The molecule has 1 saturated heterocycles. The molecule has 3 N–H and O–H groups in total. The molecule has 1 fully saturated rings. The summed E-state index contributed by atoms with van der Waals surface area (Å²) in [5.74, 6) is 0.138. The molecule has 2 aromatic carbocycles. The van der Waals surface area contributed by atoms with Crippen LogP contribution < -0.4 is 19.7 Å². The van der Waals surface area contributed by atoms with Crippen molar-refractivity contribution in [2.45, 2.75) is 45.6 Å². The molecule has 0 bridgehead atoms. The standard InChI is InChI=1S/C29H36N4O6.BrH/c1-3-38-26-15-20-17-33(28(30)21(20)16-22(26)29(37)31-2)18-24(34)19-9-10-25(39-13-7-4-8-27(35)36)23(14-19)32-11-5-6-12-32;/h9-10,14-16,30H,3-8,11-13,17-18H2,1-2H3,(H,31,37)(H,35,36);1H. The van der Waals surface area contributed by atoms with Gasteiger partial charge < -0.3 is 29.7 Å². The minimum atomic E-state index is -0.813. The molecule has 4 rings (SSSR count). The van der Waals surface area contributed by atoms with Crippen molar-refractivity contribution in [3.8, 4) is 11.5 Å². The number of ketones is 1. The van der Waals surface area contributed by atoms with Crippen LogP contribution in [-0.2, 0) is 11.3 Å². The lowest BCUT2D eigenvalue weighted by Crippen LogP contribution is -2.30. The van der Waals surface area contributed by atoms with E-state index >= 15 is 0 Å². The second kappa shape index (κ2) is 14.2. The number of carbonyl (C=O) groups excluding carboxylic acids is 2. The van der Waals surface area contributed by atoms with Gasteiger partial charge >= 0.3 is 5.97 Å². The molecule has 0 aromatic heterocycles. The minimum absolute atomic E-state index is 0. The highest BCUT2D eigenvalue weighted by Gasteiger charge is 2.29. The molecule has 216 valence electrons. The Balaban J connectivity index is 0.00000441. The SMILES string of the molecule is Br.CCOc1cc2c(cc1C(=O)NC)C(=N)N(CC(=O)c1ccc(OCCCCC(=O)O)c(N3CCCC3)c1)C2. The van der Waals surface area contributed by atoms with E-state index in [2.05, 4.69) is 10.2 Å². The van der Waals surface area contributed by atoms with Crippen molar-refractivity contribution in [3.63, 3.8) is 0 Å². The van der Waals surface area contributed by atoms with Crippen molar-refractivity contribution < 1.29 is 29.0 Å². The number of benzene rings is 2. The summed E-state index contributed by atoms with van der Waals surface area (Å²) in [6.07, 6.45) is 3.44. The van der Waals surface area contributed by atoms with Gasteiger partial charge in [0.05, 0.1) is 31.0 Å². The zero-order valence-electron chi connectivity index (χ0n) is 23.0. The lowest BCUT2D eigenvalue weighted by molar-refractivity contribution is -0.137. The largest absolute Gasteiger partial charge is 0.493 e. The summed E-state index contributed by atoms with van der Waals surface area (Å²) in [5, 5.41) is 20.1. The zero-order chi connectivity index (χ0) is 27.9. The molecule has 1 amide bonds. The summed E-state index contributed by atoms with van der Waals surface area (Å²) in [6.45, 7) is 4.84. The van der Waals surface area contributed by atoms with Crippen LogP contribution in [0.15, 0.2) is 30.3 Å². The highest BCUT2D eigenvalue weighted by molar-refractivity contribution is 8.93. The van der Waals surface area contributed by atoms with Gasteiger partial charge in [-0.1, -0.05) is 0 Å². The first kappa shape index (κ1) is 30.9. The number of amides is 1. The van der Waals surface area contributed by atoms with Gasteiger partial charge in [-0.15, -0.1) is 17.0 Å². The van der Waals surface area contributed by atoms with Crippen LogP contribution in [0.3, 0.4) is 0 Å². The maximum absolute atomic E-state index is 13.4. The maximum atomic E-state index is 13.4. The third-order valence-corrected chi connectivity index (χ3v) is 7.01. The van der Waals surface area contributed by atoms with Gasteiger partial charge in [0.1, 0.15) is 17.3 Å². The number of hydrogen-bond acceptors (Lipinski definition) is 7. The summed E-state index contributed by atoms with van der Waals surface area (Å²) in [4.78, 5) is 40.4. The molecule has 11 heteroatoms. The van der Waals surface area contributed by atoms with Gasteiger partial charge in [-0.25, -0.2) is 0 Å². The molecule has 2 aliphatic heterocycles. The number of carbonyl (C=O) groups is 3. The molecule has 40 heavy (non-hydrogen) atoms. The number of fused-ring (bicyclic) bond motifs is 1. The highest BCUT2D eigenvalue weighted by atomic mass is 79.9. The van der Waals surface area contributed by atoms with Crippen molar-refractivity contribution in [1.82, 2.24) is 10.2 Å². The number of Topliss-reactive ketones (excluding diaryl/α,β-unsaturated/α-hetero) is 1. The molecule has 0 atom stereocenters. The molecular formula is C29H37BrN4O6. The van der Waals surface area contributed by atoms with E-state index in [-0.39, 0.29) is 47.5 Å². The fourth-order valence-corrected chi connectivity index (χ4v) is 4.99. The van der Waals surface area contributed by atoms with Crippen molar-refractivity contribution in [3.05, 3.63) is 52.6 Å². The Kier molecular flexibility index (Phi) is 10.9. The van der Waals surface area contributed by atoms with Crippen LogP contribution in [0.4, 0.5) is 5.69 Å². The molecular weight excluding hydrogens is 580 g/mol. The summed E-state index contributed by atoms with van der Waals surface area (Å²) in [5.41, 5.74) is 3.24. The normalized spacial score (nSPS) is 14.0. The predicted molar refractivity (Wildman–Crippen MR) is 158 cm³/mol. The predicted octanol–water partition coefficient (Wildman–Crippen LogP) is 4.28. The number of unbranched alkanes of at least 4 members (excludes halogenated alkanes) is 1. The van der Waals surface area contributed by atoms with Gasteiger partial charge in [-0.3, -0.25) is 19.8 Å². The van der Waals surface area contributed by atoms with Gasteiger partial charge in [0, 0.05) is 44.2 Å². The molecule has 0 saturated carbocycles. The molecule has 0 unspecified atom stereocenters. The second-order valence-corrected chi connectivity index (χ2v) is 9.72. The number of rotatable bonds is 13. The lowest BCUT2D eigenvalue weighted by Gasteiger charge is -2.23. The van der Waals surface area contributed by atoms with Crippen LogP contribution in [-0.4, -0.2) is 73.4 Å². The third kappa shape index (κ3) is 7.12. The Bertz CT molecular complexity index is 1260. The third-order valence-electron chi connectivity index (χ3n) is 7.01. The Morgan fingerprint density at radius 1 is 1.05 bits per heavy atom. The number of amidine groups is 1. The summed E-state index contributed by atoms with van der Waals surface area (Å²) in [7, 11) is 1.55. The highest BCUT2D eigenvalue weighted by Crippen LogP contribution is 2.34. The average molecular weight is 618 g/mol. The average Bonchev–Trinajstić information content (AvgIpc) is 3.56. The summed E-state index contributed by atoms with van der Waals surface area (Å²) < 4.78 is 11.7. The zero-order valence-corrected chi connectivity index (χ0v) is 24.7. The molecule has 2 heterocycles. The number of carboxylic acids is 1. The molecule has 0 spiro atoms. The van der Waals surface area contributed by atoms with E-state index < -0.39 is 5.97 Å². The molecule has 10 nitrogen and oxygen atoms in total. The smallest absolute Gasteiger partial charge is 0.303 e. The van der Waals surface area contributed by atoms with Crippen LogP contribution in [0, 0.1) is 5.41 Å². The number of anilines is 1. The van der Waals surface area contributed by atoms with E-state index in [9.17, 15) is 14.4 Å². The van der Waals surface area contributed by atoms with E-state index in [0.717, 1.165) is 37.2 Å².